The van der Waals surface area contributed by atoms with E-state index in [2.05, 4.69) is 16.0 Å². The van der Waals surface area contributed by atoms with E-state index in [1.807, 2.05) is 72.8 Å². The molecule has 0 aliphatic carbocycles. The van der Waals surface area contributed by atoms with Gasteiger partial charge in [0.15, 0.2) is 0 Å². The molecule has 42 heavy (non-hydrogen) atoms. The van der Waals surface area contributed by atoms with Gasteiger partial charge in [-0.1, -0.05) is 72.8 Å². The van der Waals surface area contributed by atoms with E-state index in [4.69, 9.17) is 0 Å². The maximum Gasteiger partial charge on any atom is 0.255 e. The van der Waals surface area contributed by atoms with Crippen LogP contribution in [-0.2, 0) is 32.1 Å². The number of amides is 5. The van der Waals surface area contributed by atoms with Gasteiger partial charge in [-0.25, -0.2) is 0 Å². The smallest absolute Gasteiger partial charge is 0.255 e. The van der Waals surface area contributed by atoms with E-state index in [9.17, 15) is 24.0 Å². The Bertz CT molecular complexity index is 1450. The van der Waals surface area contributed by atoms with Crippen LogP contribution in [0.4, 0.5) is 0 Å². The van der Waals surface area contributed by atoms with Crippen molar-refractivity contribution in [2.75, 3.05) is 0 Å². The minimum atomic E-state index is -0.740. The van der Waals surface area contributed by atoms with E-state index in [1.54, 1.807) is 6.07 Å². The summed E-state index contributed by atoms with van der Waals surface area (Å²) in [7, 11) is 0. The molecule has 2 aliphatic rings. The third-order valence-electron chi connectivity index (χ3n) is 7.86. The first-order chi connectivity index (χ1) is 20.3. The van der Waals surface area contributed by atoms with Crippen molar-refractivity contribution in [2.24, 2.45) is 0 Å². The zero-order chi connectivity index (χ0) is 29.6. The van der Waals surface area contributed by atoms with Crippen molar-refractivity contribution in [3.8, 4) is 0 Å². The van der Waals surface area contributed by atoms with Gasteiger partial charge in [0.25, 0.3) is 5.91 Å². The van der Waals surface area contributed by atoms with E-state index in [0.717, 1.165) is 22.3 Å². The minimum absolute atomic E-state index is 0.200. The summed E-state index contributed by atoms with van der Waals surface area (Å²) < 4.78 is 0. The van der Waals surface area contributed by atoms with Crippen LogP contribution in [-0.4, -0.2) is 46.5 Å². The molecule has 3 aromatic carbocycles. The molecule has 3 aromatic rings. The maximum absolute atomic E-state index is 13.5. The predicted octanol–water partition coefficient (Wildman–Crippen LogP) is 3.18. The number of hydrogen-bond donors (Lipinski definition) is 3. The lowest BCUT2D eigenvalue weighted by atomic mass is 9.96. The lowest BCUT2D eigenvalue weighted by Gasteiger charge is -2.29. The first-order valence-corrected chi connectivity index (χ1v) is 14.2. The summed E-state index contributed by atoms with van der Waals surface area (Å²) in [6.07, 6.45) is 2.08. The molecule has 9 nitrogen and oxygen atoms in total. The Morgan fingerprint density at radius 2 is 1.57 bits per heavy atom. The normalized spacial score (nSPS) is 17.0. The largest absolute Gasteiger partial charge is 0.345 e. The van der Waals surface area contributed by atoms with E-state index in [-0.39, 0.29) is 36.1 Å². The molecule has 1 saturated heterocycles. The molecular weight excluding hydrogens is 532 g/mol. The lowest BCUT2D eigenvalue weighted by Crippen LogP contribution is -2.52. The molecular formula is C33H34N4O5. The van der Waals surface area contributed by atoms with E-state index in [1.165, 1.54) is 11.8 Å². The van der Waals surface area contributed by atoms with Crippen molar-refractivity contribution >= 4 is 29.5 Å². The molecule has 0 radical (unpaired) electrons. The second-order valence-corrected chi connectivity index (χ2v) is 10.8. The van der Waals surface area contributed by atoms with Gasteiger partial charge in [0.1, 0.15) is 12.1 Å². The molecule has 0 bridgehead atoms. The Labute approximate surface area is 244 Å². The highest BCUT2D eigenvalue weighted by Gasteiger charge is 2.39. The molecule has 3 N–H and O–H groups in total. The third kappa shape index (κ3) is 6.40. The number of nitrogens with zero attached hydrogens (tertiary/aromatic N) is 1. The average Bonchev–Trinajstić information content (AvgIpc) is 3.32. The summed E-state index contributed by atoms with van der Waals surface area (Å²) in [6, 6.07) is 23.1. The van der Waals surface area contributed by atoms with Crippen LogP contribution < -0.4 is 16.0 Å². The maximum atomic E-state index is 13.5. The van der Waals surface area contributed by atoms with E-state index in [0.29, 0.717) is 37.8 Å². The quantitative estimate of drug-likeness (QED) is 0.325. The number of benzene rings is 3. The number of imide groups is 1. The summed E-state index contributed by atoms with van der Waals surface area (Å²) in [4.78, 5) is 64.3. The topological polar surface area (TPSA) is 125 Å². The van der Waals surface area contributed by atoms with Gasteiger partial charge >= 0.3 is 0 Å². The van der Waals surface area contributed by atoms with Crippen LogP contribution in [0.25, 0.3) is 0 Å². The summed E-state index contributed by atoms with van der Waals surface area (Å²) in [6.45, 7) is 1.69. The molecule has 0 spiro atoms. The summed E-state index contributed by atoms with van der Waals surface area (Å²) in [5.41, 5.74) is 4.25. The van der Waals surface area contributed by atoms with Gasteiger partial charge in [-0.15, -0.1) is 0 Å². The van der Waals surface area contributed by atoms with Crippen LogP contribution in [0, 0.1) is 0 Å². The molecule has 1 unspecified atom stereocenters. The van der Waals surface area contributed by atoms with Crippen molar-refractivity contribution in [2.45, 2.75) is 63.7 Å². The van der Waals surface area contributed by atoms with Crippen molar-refractivity contribution in [1.29, 1.82) is 0 Å². The molecule has 2 aliphatic heterocycles. The van der Waals surface area contributed by atoms with Gasteiger partial charge in [-0.3, -0.25) is 29.3 Å². The second kappa shape index (κ2) is 12.8. The van der Waals surface area contributed by atoms with Crippen molar-refractivity contribution < 1.29 is 24.0 Å². The van der Waals surface area contributed by atoms with Gasteiger partial charge in [0.2, 0.25) is 23.6 Å². The van der Waals surface area contributed by atoms with Crippen molar-refractivity contribution in [3.05, 3.63) is 107 Å². The third-order valence-corrected chi connectivity index (χ3v) is 7.86. The fourth-order valence-electron chi connectivity index (χ4n) is 5.79. The van der Waals surface area contributed by atoms with Gasteiger partial charge in [0.05, 0.1) is 6.04 Å². The van der Waals surface area contributed by atoms with E-state index >= 15 is 0 Å². The SMILES string of the molecule is CC(=O)N[C@@H](CCCc1cccc2c1CN(C1CCC(=O)NC1=O)C2=O)C(=O)NC(c1ccccc1)c1ccccc1. The fourth-order valence-corrected chi connectivity index (χ4v) is 5.79. The van der Waals surface area contributed by atoms with Crippen LogP contribution in [0.5, 0.6) is 0 Å². The Kier molecular flexibility index (Phi) is 8.76. The zero-order valence-electron chi connectivity index (χ0n) is 23.5. The number of nitrogens with one attached hydrogen (secondary N) is 3. The lowest BCUT2D eigenvalue weighted by molar-refractivity contribution is -0.137. The Morgan fingerprint density at radius 1 is 0.905 bits per heavy atom. The predicted molar refractivity (Wildman–Crippen MR) is 156 cm³/mol. The molecule has 0 aromatic heterocycles. The molecule has 2 heterocycles. The van der Waals surface area contributed by atoms with Crippen molar-refractivity contribution in [1.82, 2.24) is 20.9 Å². The molecule has 216 valence electrons. The Hall–Kier alpha value is -4.79. The summed E-state index contributed by atoms with van der Waals surface area (Å²) >= 11 is 0. The molecule has 5 rings (SSSR count). The fraction of sp³-hybridized carbons (Fsp3) is 0.303. The Morgan fingerprint density at radius 3 is 2.19 bits per heavy atom. The highest BCUT2D eigenvalue weighted by molar-refractivity contribution is 6.05. The molecule has 2 atom stereocenters. The number of piperidine rings is 1. The number of fused-ring (bicyclic) bond motifs is 1. The standard InChI is InChI=1S/C33H34N4O5/c1-21(38)34-27(31(40)36-30(23-10-4-2-5-11-23)24-12-6-3-7-13-24)17-9-15-22-14-8-16-25-26(22)20-37(33(25)42)28-18-19-29(39)35-32(28)41/h2-8,10-14,16,27-28,30H,9,15,17-20H2,1H3,(H,34,38)(H,36,40)(H,35,39,41)/t27-,28?/m0/s1. The minimum Gasteiger partial charge on any atom is -0.345 e. The molecule has 5 amide bonds. The summed E-state index contributed by atoms with van der Waals surface area (Å²) in [5.74, 6) is -1.55. The number of carbonyl (C=O) groups is 5. The molecule has 9 heteroatoms. The Balaban J connectivity index is 1.27. The second-order valence-electron chi connectivity index (χ2n) is 10.8. The monoisotopic (exact) mass is 566 g/mol. The van der Waals surface area contributed by atoms with E-state index < -0.39 is 18.0 Å². The number of rotatable bonds is 10. The highest BCUT2D eigenvalue weighted by Crippen LogP contribution is 2.31. The zero-order valence-corrected chi connectivity index (χ0v) is 23.5. The van der Waals surface area contributed by atoms with Crippen LogP contribution in [0.3, 0.4) is 0 Å². The van der Waals surface area contributed by atoms with Gasteiger partial charge in [-0.05, 0) is 54.0 Å². The first kappa shape index (κ1) is 28.7. The number of carbonyl (C=O) groups excluding carboxylic acids is 5. The van der Waals surface area contributed by atoms with Crippen LogP contribution >= 0.6 is 0 Å². The van der Waals surface area contributed by atoms with Gasteiger partial charge < -0.3 is 15.5 Å². The molecule has 0 saturated carbocycles. The van der Waals surface area contributed by atoms with Crippen LogP contribution in [0.2, 0.25) is 0 Å². The highest BCUT2D eigenvalue weighted by atomic mass is 16.2. The number of hydrogen-bond acceptors (Lipinski definition) is 5. The average molecular weight is 567 g/mol. The van der Waals surface area contributed by atoms with Crippen molar-refractivity contribution in [3.63, 3.8) is 0 Å². The van der Waals surface area contributed by atoms with Gasteiger partial charge in [0, 0.05) is 25.5 Å². The molecule has 1 fully saturated rings. The summed E-state index contributed by atoms with van der Waals surface area (Å²) in [5, 5.41) is 8.27. The van der Waals surface area contributed by atoms with Gasteiger partial charge in [-0.2, -0.15) is 0 Å². The van der Waals surface area contributed by atoms with Crippen LogP contribution in [0.1, 0.15) is 71.3 Å². The first-order valence-electron chi connectivity index (χ1n) is 14.2. The number of aryl methyl sites for hydroxylation is 1. The van der Waals surface area contributed by atoms with Crippen LogP contribution in [0.15, 0.2) is 78.9 Å².